The highest BCUT2D eigenvalue weighted by Crippen LogP contribution is 2.31. The highest BCUT2D eigenvalue weighted by molar-refractivity contribution is 5.90. The van der Waals surface area contributed by atoms with Gasteiger partial charge in [-0.05, 0) is 30.7 Å². The van der Waals surface area contributed by atoms with E-state index in [0.717, 1.165) is 17.5 Å². The molecule has 4 aromatic rings. The molecular weight excluding hydrogens is 434 g/mol. The van der Waals surface area contributed by atoms with E-state index in [1.54, 1.807) is 23.0 Å². The van der Waals surface area contributed by atoms with Gasteiger partial charge in [0.2, 0.25) is 5.91 Å². The van der Waals surface area contributed by atoms with Crippen molar-refractivity contribution in [2.24, 2.45) is 0 Å². The molecule has 3 amide bonds. The molecule has 172 valence electrons. The monoisotopic (exact) mass is 457 g/mol. The Morgan fingerprint density at radius 3 is 2.74 bits per heavy atom. The maximum atomic E-state index is 13.1. The maximum absolute atomic E-state index is 13.1. The first-order chi connectivity index (χ1) is 16.5. The lowest BCUT2D eigenvalue weighted by Gasteiger charge is -2.23. The molecule has 0 bridgehead atoms. The highest BCUT2D eigenvalue weighted by Gasteiger charge is 2.32. The van der Waals surface area contributed by atoms with Crippen LogP contribution in [0, 0.1) is 6.92 Å². The maximum Gasteiger partial charge on any atom is 0.346 e. The number of nitrogens with zero attached hydrogens (tertiary/aromatic N) is 5. The number of aryl methyl sites for hydroxylation is 1. The van der Waals surface area contributed by atoms with Crippen LogP contribution < -0.4 is 10.6 Å². The Kier molecular flexibility index (Phi) is 5.64. The minimum absolute atomic E-state index is 0.152. The van der Waals surface area contributed by atoms with Crippen molar-refractivity contribution in [3.8, 4) is 11.3 Å². The van der Waals surface area contributed by atoms with Crippen LogP contribution >= 0.6 is 0 Å². The van der Waals surface area contributed by atoms with Crippen LogP contribution in [0.5, 0.6) is 0 Å². The third kappa shape index (κ3) is 4.30. The summed E-state index contributed by atoms with van der Waals surface area (Å²) in [5.74, 6) is 0.217. The molecule has 4 heterocycles. The molecule has 10 heteroatoms. The van der Waals surface area contributed by atoms with Crippen LogP contribution in [0.25, 0.3) is 16.9 Å². The summed E-state index contributed by atoms with van der Waals surface area (Å²) in [4.78, 5) is 38.7. The van der Waals surface area contributed by atoms with Crippen LogP contribution in [-0.2, 0) is 9.63 Å². The van der Waals surface area contributed by atoms with E-state index in [-0.39, 0.29) is 18.0 Å². The minimum Gasteiger partial charge on any atom is -0.310 e. The number of amides is 3. The number of pyridine rings is 1. The van der Waals surface area contributed by atoms with Crippen LogP contribution in [0.4, 0.5) is 16.3 Å². The van der Waals surface area contributed by atoms with Crippen LogP contribution in [0.1, 0.15) is 30.6 Å². The molecular formula is C24H23N7O3. The molecule has 34 heavy (non-hydrogen) atoms. The Bertz CT molecular complexity index is 1370. The minimum atomic E-state index is -0.355. The average molecular weight is 457 g/mol. The molecule has 5 rings (SSSR count). The van der Waals surface area contributed by atoms with Gasteiger partial charge in [-0.2, -0.15) is 10.2 Å². The molecule has 0 aliphatic carbocycles. The molecule has 1 aromatic carbocycles. The number of hydrogen-bond donors (Lipinski definition) is 2. The molecule has 1 aliphatic heterocycles. The van der Waals surface area contributed by atoms with E-state index in [2.05, 4.69) is 25.7 Å². The average Bonchev–Trinajstić information content (AvgIpc) is 3.47. The van der Waals surface area contributed by atoms with Crippen molar-refractivity contribution >= 4 is 29.1 Å². The lowest BCUT2D eigenvalue weighted by molar-refractivity contribution is -0.114. The smallest absolute Gasteiger partial charge is 0.310 e. The summed E-state index contributed by atoms with van der Waals surface area (Å²) in [5.41, 5.74) is 4.22. The molecule has 0 radical (unpaired) electrons. The number of carbonyl (C=O) groups excluding carboxylic acids is 2. The number of benzene rings is 1. The van der Waals surface area contributed by atoms with Crippen molar-refractivity contribution in [3.05, 3.63) is 72.2 Å². The van der Waals surface area contributed by atoms with Crippen molar-refractivity contribution in [1.82, 2.24) is 24.6 Å². The number of nitrogens with one attached hydrogen (secondary N) is 2. The summed E-state index contributed by atoms with van der Waals surface area (Å²) < 4.78 is 1.58. The standard InChI is InChI=1S/C24H23N7O3/c1-15-20(27-24(33)31-21(10-11-34-31)17-6-4-3-5-7-17)12-18(13-25-15)19-8-9-23-28-22(26-16(2)32)14-30(23)29-19/h3-9,12-14,21H,10-11H2,1-2H3,(H,26,32)(H,27,33). The van der Waals surface area contributed by atoms with E-state index in [1.165, 1.54) is 12.0 Å². The van der Waals surface area contributed by atoms with E-state index in [4.69, 9.17) is 4.84 Å². The zero-order valence-corrected chi connectivity index (χ0v) is 18.7. The van der Waals surface area contributed by atoms with Crippen molar-refractivity contribution in [2.45, 2.75) is 26.3 Å². The molecule has 1 atom stereocenters. The second-order valence-electron chi connectivity index (χ2n) is 7.99. The van der Waals surface area contributed by atoms with Gasteiger partial charge in [-0.15, -0.1) is 0 Å². The molecule has 10 nitrogen and oxygen atoms in total. The molecule has 1 aliphatic rings. The first-order valence-corrected chi connectivity index (χ1v) is 10.9. The quantitative estimate of drug-likeness (QED) is 0.479. The highest BCUT2D eigenvalue weighted by atomic mass is 16.7. The number of hydroxylamine groups is 2. The van der Waals surface area contributed by atoms with Crippen molar-refractivity contribution < 1.29 is 14.4 Å². The third-order valence-corrected chi connectivity index (χ3v) is 5.54. The van der Waals surface area contributed by atoms with Crippen LogP contribution in [0.3, 0.4) is 0 Å². The fraction of sp³-hybridized carbons (Fsp3) is 0.208. The number of carbonyl (C=O) groups is 2. The van der Waals surface area contributed by atoms with Crippen LogP contribution in [0.2, 0.25) is 0 Å². The lowest BCUT2D eigenvalue weighted by atomic mass is 10.1. The van der Waals surface area contributed by atoms with Crippen LogP contribution in [0.15, 0.2) is 60.9 Å². The first kappa shape index (κ1) is 21.5. The SMILES string of the molecule is CC(=O)Nc1cn2nc(-c3cnc(C)c(NC(=O)N4OCCC4c4ccccc4)c3)ccc2n1. The fourth-order valence-electron chi connectivity index (χ4n) is 3.89. The van der Waals surface area contributed by atoms with Gasteiger partial charge >= 0.3 is 6.03 Å². The number of hydrogen-bond acceptors (Lipinski definition) is 6. The Balaban J connectivity index is 1.38. The molecule has 0 saturated carbocycles. The van der Waals surface area contributed by atoms with Gasteiger partial charge in [-0.3, -0.25) is 14.6 Å². The predicted octanol–water partition coefficient (Wildman–Crippen LogP) is 3.97. The van der Waals surface area contributed by atoms with Crippen molar-refractivity contribution in [3.63, 3.8) is 0 Å². The normalized spacial score (nSPS) is 15.5. The van der Waals surface area contributed by atoms with E-state index in [0.29, 0.717) is 35.1 Å². The van der Waals surface area contributed by atoms with Gasteiger partial charge in [0, 0.05) is 25.1 Å². The molecule has 1 unspecified atom stereocenters. The molecule has 1 fully saturated rings. The second kappa shape index (κ2) is 8.91. The Hall–Kier alpha value is -4.31. The van der Waals surface area contributed by atoms with E-state index >= 15 is 0 Å². The molecule has 1 saturated heterocycles. The summed E-state index contributed by atoms with van der Waals surface area (Å²) in [5, 5.41) is 11.5. The number of aromatic nitrogens is 4. The zero-order valence-electron chi connectivity index (χ0n) is 18.7. The van der Waals surface area contributed by atoms with Gasteiger partial charge in [-0.25, -0.2) is 14.3 Å². The summed E-state index contributed by atoms with van der Waals surface area (Å²) in [6.07, 6.45) is 4.06. The molecule has 2 N–H and O–H groups in total. The van der Waals surface area contributed by atoms with Gasteiger partial charge in [0.25, 0.3) is 0 Å². The number of anilines is 2. The van der Waals surface area contributed by atoms with Gasteiger partial charge in [0.1, 0.15) is 0 Å². The Morgan fingerprint density at radius 1 is 1.12 bits per heavy atom. The number of imidazole rings is 1. The largest absolute Gasteiger partial charge is 0.346 e. The van der Waals surface area contributed by atoms with Crippen molar-refractivity contribution in [1.29, 1.82) is 0 Å². The number of rotatable bonds is 4. The van der Waals surface area contributed by atoms with Crippen molar-refractivity contribution in [2.75, 3.05) is 17.2 Å². The second-order valence-corrected chi connectivity index (χ2v) is 7.99. The topological polar surface area (TPSA) is 114 Å². The predicted molar refractivity (Wildman–Crippen MR) is 126 cm³/mol. The summed E-state index contributed by atoms with van der Waals surface area (Å²) in [7, 11) is 0. The molecule has 0 spiro atoms. The van der Waals surface area contributed by atoms with Crippen LogP contribution in [-0.4, -0.2) is 43.2 Å². The fourth-order valence-corrected chi connectivity index (χ4v) is 3.89. The zero-order chi connectivity index (χ0) is 23.7. The van der Waals surface area contributed by atoms with E-state index < -0.39 is 0 Å². The number of fused-ring (bicyclic) bond motifs is 1. The van der Waals surface area contributed by atoms with E-state index in [1.807, 2.05) is 49.4 Å². The first-order valence-electron chi connectivity index (χ1n) is 10.9. The van der Waals surface area contributed by atoms with Gasteiger partial charge in [-0.1, -0.05) is 30.3 Å². The summed E-state index contributed by atoms with van der Waals surface area (Å²) in [6.45, 7) is 3.72. The Morgan fingerprint density at radius 2 is 1.94 bits per heavy atom. The van der Waals surface area contributed by atoms with E-state index in [9.17, 15) is 9.59 Å². The summed E-state index contributed by atoms with van der Waals surface area (Å²) >= 11 is 0. The molecule has 3 aromatic heterocycles. The summed E-state index contributed by atoms with van der Waals surface area (Å²) in [6, 6.07) is 14.8. The Labute approximate surface area is 195 Å². The number of urea groups is 1. The van der Waals surface area contributed by atoms with Gasteiger partial charge < -0.3 is 10.6 Å². The van der Waals surface area contributed by atoms with Gasteiger partial charge in [0.05, 0.1) is 35.9 Å². The lowest BCUT2D eigenvalue weighted by Crippen LogP contribution is -2.33. The van der Waals surface area contributed by atoms with Gasteiger partial charge in [0.15, 0.2) is 11.5 Å². The third-order valence-electron chi connectivity index (χ3n) is 5.54.